The summed E-state index contributed by atoms with van der Waals surface area (Å²) in [5.41, 5.74) is 1.05. The summed E-state index contributed by atoms with van der Waals surface area (Å²) in [6.07, 6.45) is 0. The minimum atomic E-state index is 0.625. The highest BCUT2D eigenvalue weighted by molar-refractivity contribution is 5.36. The first-order chi connectivity index (χ1) is 7.13. The molecule has 1 aromatic heterocycles. The van der Waals surface area contributed by atoms with Gasteiger partial charge < -0.3 is 10.6 Å². The molecule has 1 heterocycles. The average Bonchev–Trinajstić information content (AvgIpc) is 2.51. The van der Waals surface area contributed by atoms with Crippen molar-refractivity contribution < 1.29 is 0 Å². The van der Waals surface area contributed by atoms with E-state index >= 15 is 0 Å². The van der Waals surface area contributed by atoms with Crippen molar-refractivity contribution in [2.24, 2.45) is 13.0 Å². The van der Waals surface area contributed by atoms with Crippen molar-refractivity contribution in [2.45, 2.75) is 20.8 Å². The normalized spacial score (nSPS) is 12.8. The summed E-state index contributed by atoms with van der Waals surface area (Å²) < 4.78 is 1.88. The van der Waals surface area contributed by atoms with Crippen LogP contribution in [-0.4, -0.2) is 29.4 Å². The maximum atomic E-state index is 4.29. The molecule has 0 spiro atoms. The predicted molar refractivity (Wildman–Crippen MR) is 64.1 cm³/mol. The van der Waals surface area contributed by atoms with E-state index in [-0.39, 0.29) is 0 Å². The average molecular weight is 210 g/mol. The lowest BCUT2D eigenvalue weighted by atomic mass is 10.2. The zero-order valence-electron chi connectivity index (χ0n) is 10.2. The molecule has 0 saturated carbocycles. The fraction of sp³-hybridized carbons (Fsp3) is 0.727. The maximum Gasteiger partial charge on any atom is 0.124 e. The van der Waals surface area contributed by atoms with Crippen LogP contribution in [0.1, 0.15) is 19.5 Å². The fourth-order valence-electron chi connectivity index (χ4n) is 1.52. The smallest absolute Gasteiger partial charge is 0.124 e. The van der Waals surface area contributed by atoms with Gasteiger partial charge in [0, 0.05) is 19.7 Å². The van der Waals surface area contributed by atoms with Crippen molar-refractivity contribution in [3.63, 3.8) is 0 Å². The van der Waals surface area contributed by atoms with Crippen LogP contribution in [0.4, 0.5) is 5.82 Å². The molecule has 86 valence electrons. The minimum Gasteiger partial charge on any atom is -0.370 e. The number of aromatic nitrogens is 2. The summed E-state index contributed by atoms with van der Waals surface area (Å²) in [6, 6.07) is 2.07. The van der Waals surface area contributed by atoms with E-state index < -0.39 is 0 Å². The molecule has 0 radical (unpaired) electrons. The van der Waals surface area contributed by atoms with Crippen LogP contribution < -0.4 is 10.6 Å². The molecule has 0 saturated heterocycles. The molecule has 0 aromatic carbocycles. The molecule has 1 atom stereocenters. The van der Waals surface area contributed by atoms with Crippen LogP contribution in [0.25, 0.3) is 0 Å². The van der Waals surface area contributed by atoms with E-state index in [1.165, 1.54) is 0 Å². The number of aryl methyl sites for hydroxylation is 2. The second-order valence-corrected chi connectivity index (χ2v) is 4.09. The lowest BCUT2D eigenvalue weighted by Crippen LogP contribution is -2.26. The lowest BCUT2D eigenvalue weighted by Gasteiger charge is -2.13. The van der Waals surface area contributed by atoms with Crippen molar-refractivity contribution >= 4 is 5.82 Å². The van der Waals surface area contributed by atoms with Crippen molar-refractivity contribution in [2.75, 3.05) is 25.0 Å². The molecule has 0 amide bonds. The van der Waals surface area contributed by atoms with Gasteiger partial charge in [0.25, 0.3) is 0 Å². The topological polar surface area (TPSA) is 41.9 Å². The summed E-state index contributed by atoms with van der Waals surface area (Å²) >= 11 is 0. The number of hydrogen-bond donors (Lipinski definition) is 2. The number of nitrogens with zero attached hydrogens (tertiary/aromatic N) is 2. The van der Waals surface area contributed by atoms with Gasteiger partial charge in [-0.2, -0.15) is 5.10 Å². The van der Waals surface area contributed by atoms with Gasteiger partial charge in [0.15, 0.2) is 0 Å². The Kier molecular flexibility index (Phi) is 4.62. The van der Waals surface area contributed by atoms with Gasteiger partial charge in [0.05, 0.1) is 5.69 Å². The molecule has 1 unspecified atom stereocenters. The molecule has 4 heteroatoms. The van der Waals surface area contributed by atoms with Crippen LogP contribution >= 0.6 is 0 Å². The predicted octanol–water partition coefficient (Wildman–Crippen LogP) is 1.39. The third kappa shape index (κ3) is 3.91. The van der Waals surface area contributed by atoms with E-state index in [2.05, 4.69) is 35.6 Å². The van der Waals surface area contributed by atoms with Crippen LogP contribution in [0.5, 0.6) is 0 Å². The summed E-state index contributed by atoms with van der Waals surface area (Å²) in [5, 5.41) is 11.0. The monoisotopic (exact) mass is 210 g/mol. The third-order valence-electron chi connectivity index (χ3n) is 2.38. The first-order valence-corrected chi connectivity index (χ1v) is 5.58. The van der Waals surface area contributed by atoms with Gasteiger partial charge in [-0.15, -0.1) is 0 Å². The van der Waals surface area contributed by atoms with Crippen molar-refractivity contribution in [3.05, 3.63) is 11.8 Å². The highest BCUT2D eigenvalue weighted by Crippen LogP contribution is 2.08. The molecule has 0 aliphatic heterocycles. The first kappa shape index (κ1) is 12.0. The summed E-state index contributed by atoms with van der Waals surface area (Å²) in [7, 11) is 1.96. The fourth-order valence-corrected chi connectivity index (χ4v) is 1.52. The van der Waals surface area contributed by atoms with Gasteiger partial charge in [0.1, 0.15) is 5.82 Å². The molecule has 0 fully saturated rings. The summed E-state index contributed by atoms with van der Waals surface area (Å²) in [4.78, 5) is 0. The van der Waals surface area contributed by atoms with E-state index in [9.17, 15) is 0 Å². The Bertz CT molecular complexity index is 293. The highest BCUT2D eigenvalue weighted by atomic mass is 15.3. The largest absolute Gasteiger partial charge is 0.370 e. The summed E-state index contributed by atoms with van der Waals surface area (Å²) in [6.45, 7) is 9.44. The Morgan fingerprint density at radius 2 is 2.20 bits per heavy atom. The molecule has 1 aromatic rings. The van der Waals surface area contributed by atoms with Gasteiger partial charge >= 0.3 is 0 Å². The van der Waals surface area contributed by atoms with Gasteiger partial charge in [-0.3, -0.25) is 4.68 Å². The van der Waals surface area contributed by atoms with E-state index in [1.54, 1.807) is 0 Å². The summed E-state index contributed by atoms with van der Waals surface area (Å²) in [5.74, 6) is 1.72. The van der Waals surface area contributed by atoms with Crippen LogP contribution in [0.3, 0.4) is 0 Å². The Balaban J connectivity index is 2.33. The van der Waals surface area contributed by atoms with Crippen LogP contribution in [0, 0.1) is 12.8 Å². The standard InChI is InChI=1S/C11H22N4/c1-5-12-7-9(2)8-13-11-6-10(3)14-15(11)4/h6,9,12-13H,5,7-8H2,1-4H3. The van der Waals surface area contributed by atoms with Crippen molar-refractivity contribution in [1.29, 1.82) is 0 Å². The van der Waals surface area contributed by atoms with E-state index in [1.807, 2.05) is 18.7 Å². The van der Waals surface area contributed by atoms with Gasteiger partial charge in [-0.25, -0.2) is 0 Å². The lowest BCUT2D eigenvalue weighted by molar-refractivity contribution is 0.543. The first-order valence-electron chi connectivity index (χ1n) is 5.58. The number of hydrogen-bond acceptors (Lipinski definition) is 3. The van der Waals surface area contributed by atoms with Crippen LogP contribution in [-0.2, 0) is 7.05 Å². The zero-order chi connectivity index (χ0) is 11.3. The molecule has 15 heavy (non-hydrogen) atoms. The number of anilines is 1. The second-order valence-electron chi connectivity index (χ2n) is 4.09. The minimum absolute atomic E-state index is 0.625. The van der Waals surface area contributed by atoms with Crippen LogP contribution in [0.2, 0.25) is 0 Å². The van der Waals surface area contributed by atoms with Gasteiger partial charge in [-0.05, 0) is 25.9 Å². The van der Waals surface area contributed by atoms with E-state index in [0.29, 0.717) is 5.92 Å². The molecular weight excluding hydrogens is 188 g/mol. The number of rotatable bonds is 6. The Morgan fingerprint density at radius 1 is 1.47 bits per heavy atom. The second kappa shape index (κ2) is 5.75. The number of nitrogens with one attached hydrogen (secondary N) is 2. The Morgan fingerprint density at radius 3 is 2.73 bits per heavy atom. The Hall–Kier alpha value is -1.03. The van der Waals surface area contributed by atoms with Gasteiger partial charge in [0.2, 0.25) is 0 Å². The van der Waals surface area contributed by atoms with Crippen LogP contribution in [0.15, 0.2) is 6.07 Å². The molecule has 1 rings (SSSR count). The van der Waals surface area contributed by atoms with Crippen molar-refractivity contribution in [3.8, 4) is 0 Å². The molecule has 0 aliphatic rings. The Labute approximate surface area is 92.1 Å². The zero-order valence-corrected chi connectivity index (χ0v) is 10.2. The van der Waals surface area contributed by atoms with E-state index in [0.717, 1.165) is 31.1 Å². The SMILES string of the molecule is CCNCC(C)CNc1cc(C)nn1C. The molecule has 0 bridgehead atoms. The molecule has 4 nitrogen and oxygen atoms in total. The van der Waals surface area contributed by atoms with E-state index in [4.69, 9.17) is 0 Å². The maximum absolute atomic E-state index is 4.29. The molecule has 2 N–H and O–H groups in total. The van der Waals surface area contributed by atoms with Crippen molar-refractivity contribution in [1.82, 2.24) is 15.1 Å². The van der Waals surface area contributed by atoms with Gasteiger partial charge in [-0.1, -0.05) is 13.8 Å². The molecule has 0 aliphatic carbocycles. The molecular formula is C11H22N4. The third-order valence-corrected chi connectivity index (χ3v) is 2.38. The quantitative estimate of drug-likeness (QED) is 0.745. The highest BCUT2D eigenvalue weighted by Gasteiger charge is 2.04.